The summed E-state index contributed by atoms with van der Waals surface area (Å²) in [7, 11) is 0. The lowest BCUT2D eigenvalue weighted by Gasteiger charge is -2.12. The molecule has 2 rings (SSSR count). The maximum atomic E-state index is 10.5. The van der Waals surface area contributed by atoms with Gasteiger partial charge in [-0.1, -0.05) is 29.8 Å². The van der Waals surface area contributed by atoms with Crippen molar-refractivity contribution < 1.29 is 14.6 Å². The largest absolute Gasteiger partial charge is 0.465 e. The molecule has 104 valence electrons. The van der Waals surface area contributed by atoms with Crippen LogP contribution in [0, 0.1) is 6.92 Å². The van der Waals surface area contributed by atoms with Gasteiger partial charge in [-0.15, -0.1) is 0 Å². The van der Waals surface area contributed by atoms with Gasteiger partial charge in [-0.2, -0.15) is 0 Å². The van der Waals surface area contributed by atoms with Crippen LogP contribution in [0.2, 0.25) is 0 Å². The first-order valence-electron chi connectivity index (χ1n) is 6.80. The van der Waals surface area contributed by atoms with Crippen LogP contribution in [0.3, 0.4) is 0 Å². The molecular weight excluding hydrogens is 242 g/mol. The van der Waals surface area contributed by atoms with Gasteiger partial charge in [0.25, 0.3) is 0 Å². The van der Waals surface area contributed by atoms with Gasteiger partial charge in [0.1, 0.15) is 0 Å². The molecule has 0 aliphatic heterocycles. The minimum absolute atomic E-state index is 0.0573. The van der Waals surface area contributed by atoms with Crippen molar-refractivity contribution in [3.05, 3.63) is 35.4 Å². The molecule has 1 aromatic rings. The van der Waals surface area contributed by atoms with Crippen LogP contribution in [0.5, 0.6) is 0 Å². The van der Waals surface area contributed by atoms with E-state index in [9.17, 15) is 4.79 Å². The molecule has 1 aliphatic carbocycles. The molecule has 4 nitrogen and oxygen atoms in total. The zero-order chi connectivity index (χ0) is 13.7. The molecule has 1 saturated carbocycles. The molecule has 0 saturated heterocycles. The first-order valence-corrected chi connectivity index (χ1v) is 6.80. The van der Waals surface area contributed by atoms with Crippen LogP contribution in [-0.4, -0.2) is 30.0 Å². The molecule has 0 aromatic heterocycles. The third kappa shape index (κ3) is 4.56. The van der Waals surface area contributed by atoms with Crippen molar-refractivity contribution in [3.63, 3.8) is 0 Å². The summed E-state index contributed by atoms with van der Waals surface area (Å²) < 4.78 is 5.82. The van der Waals surface area contributed by atoms with Gasteiger partial charge < -0.3 is 15.2 Å². The van der Waals surface area contributed by atoms with Gasteiger partial charge in [-0.3, -0.25) is 0 Å². The molecule has 1 aromatic carbocycles. The van der Waals surface area contributed by atoms with Gasteiger partial charge >= 0.3 is 6.09 Å². The number of aryl methyl sites for hydroxylation is 1. The van der Waals surface area contributed by atoms with Crippen molar-refractivity contribution in [1.29, 1.82) is 0 Å². The molecule has 1 fully saturated rings. The Morgan fingerprint density at radius 3 is 2.79 bits per heavy atom. The fourth-order valence-electron chi connectivity index (χ4n) is 2.50. The van der Waals surface area contributed by atoms with Crippen molar-refractivity contribution >= 4 is 6.09 Å². The first-order chi connectivity index (χ1) is 9.13. The number of carboxylic acid groups (broad SMARTS) is 1. The van der Waals surface area contributed by atoms with Crippen LogP contribution in [-0.2, 0) is 11.2 Å². The standard InChI is InChI=1S/C15H21NO3/c1-11-2-4-12(5-3-11)8-9-19-14-7-6-13(10-14)16-15(17)18/h2-5,13-14,16H,6-10H2,1H3,(H,17,18)/t13-,14-/m0/s1. The molecule has 2 atom stereocenters. The van der Waals surface area contributed by atoms with E-state index in [0.717, 1.165) is 25.7 Å². The summed E-state index contributed by atoms with van der Waals surface area (Å²) >= 11 is 0. The van der Waals surface area contributed by atoms with E-state index < -0.39 is 6.09 Å². The third-order valence-electron chi connectivity index (χ3n) is 3.58. The average molecular weight is 263 g/mol. The van der Waals surface area contributed by atoms with Gasteiger partial charge in [0.05, 0.1) is 12.7 Å². The highest BCUT2D eigenvalue weighted by Gasteiger charge is 2.26. The zero-order valence-corrected chi connectivity index (χ0v) is 11.3. The van der Waals surface area contributed by atoms with Crippen LogP contribution >= 0.6 is 0 Å². The monoisotopic (exact) mass is 263 g/mol. The van der Waals surface area contributed by atoms with Crippen molar-refractivity contribution in [2.24, 2.45) is 0 Å². The fraction of sp³-hybridized carbons (Fsp3) is 0.533. The van der Waals surface area contributed by atoms with Crippen molar-refractivity contribution in [2.45, 2.75) is 44.8 Å². The molecule has 0 heterocycles. The number of ether oxygens (including phenoxy) is 1. The lowest BCUT2D eigenvalue weighted by molar-refractivity contribution is 0.0590. The Morgan fingerprint density at radius 2 is 2.11 bits per heavy atom. The molecule has 19 heavy (non-hydrogen) atoms. The fourth-order valence-corrected chi connectivity index (χ4v) is 2.50. The van der Waals surface area contributed by atoms with Crippen LogP contribution in [0.25, 0.3) is 0 Å². The normalized spacial score (nSPS) is 22.4. The van der Waals surface area contributed by atoms with Gasteiger partial charge in [0, 0.05) is 6.04 Å². The quantitative estimate of drug-likeness (QED) is 0.858. The lowest BCUT2D eigenvalue weighted by Crippen LogP contribution is -2.31. The summed E-state index contributed by atoms with van der Waals surface area (Å²) in [4.78, 5) is 10.5. The Balaban J connectivity index is 1.66. The molecular formula is C15H21NO3. The van der Waals surface area contributed by atoms with Gasteiger partial charge in [-0.05, 0) is 38.2 Å². The number of hydrogen-bond acceptors (Lipinski definition) is 2. The smallest absolute Gasteiger partial charge is 0.404 e. The van der Waals surface area contributed by atoms with Crippen LogP contribution in [0.4, 0.5) is 4.79 Å². The summed E-state index contributed by atoms with van der Waals surface area (Å²) in [5.41, 5.74) is 2.55. The Labute approximate surface area is 113 Å². The van der Waals surface area contributed by atoms with E-state index in [1.165, 1.54) is 11.1 Å². The lowest BCUT2D eigenvalue weighted by atomic mass is 10.1. The minimum atomic E-state index is -0.940. The van der Waals surface area contributed by atoms with E-state index >= 15 is 0 Å². The Bertz CT molecular complexity index is 416. The van der Waals surface area contributed by atoms with Crippen LogP contribution < -0.4 is 5.32 Å². The number of nitrogens with one attached hydrogen (secondary N) is 1. The molecule has 0 radical (unpaired) electrons. The molecule has 1 amide bonds. The predicted octanol–water partition coefficient (Wildman–Crippen LogP) is 2.74. The number of benzene rings is 1. The van der Waals surface area contributed by atoms with E-state index in [1.807, 2.05) is 0 Å². The third-order valence-corrected chi connectivity index (χ3v) is 3.58. The van der Waals surface area contributed by atoms with E-state index in [4.69, 9.17) is 9.84 Å². The van der Waals surface area contributed by atoms with E-state index in [1.54, 1.807) is 0 Å². The average Bonchev–Trinajstić information content (AvgIpc) is 2.78. The molecule has 0 spiro atoms. The number of hydrogen-bond donors (Lipinski definition) is 2. The summed E-state index contributed by atoms with van der Waals surface area (Å²) in [6.07, 6.45) is 2.78. The van der Waals surface area contributed by atoms with E-state index in [-0.39, 0.29) is 12.1 Å². The minimum Gasteiger partial charge on any atom is -0.465 e. The highest BCUT2D eigenvalue weighted by Crippen LogP contribution is 2.22. The second-order valence-corrected chi connectivity index (χ2v) is 5.19. The molecule has 1 aliphatic rings. The number of carbonyl (C=O) groups is 1. The Hall–Kier alpha value is -1.55. The molecule has 0 unspecified atom stereocenters. The molecule has 2 N–H and O–H groups in total. The van der Waals surface area contributed by atoms with Crippen molar-refractivity contribution in [3.8, 4) is 0 Å². The topological polar surface area (TPSA) is 58.6 Å². The number of rotatable bonds is 5. The van der Waals surface area contributed by atoms with Gasteiger partial charge in [-0.25, -0.2) is 4.79 Å². The number of amides is 1. The summed E-state index contributed by atoms with van der Waals surface area (Å²) in [5, 5.41) is 11.2. The second-order valence-electron chi connectivity index (χ2n) is 5.19. The summed E-state index contributed by atoms with van der Waals surface area (Å²) in [6, 6.07) is 8.53. The van der Waals surface area contributed by atoms with Crippen molar-refractivity contribution in [1.82, 2.24) is 5.32 Å². The maximum Gasteiger partial charge on any atom is 0.404 e. The summed E-state index contributed by atoms with van der Waals surface area (Å²) in [5.74, 6) is 0. The highest BCUT2D eigenvalue weighted by molar-refractivity contribution is 5.64. The summed E-state index contributed by atoms with van der Waals surface area (Å²) in [6.45, 7) is 2.78. The van der Waals surface area contributed by atoms with Crippen molar-refractivity contribution in [2.75, 3.05) is 6.61 Å². The van der Waals surface area contributed by atoms with Crippen LogP contribution in [0.15, 0.2) is 24.3 Å². The zero-order valence-electron chi connectivity index (χ0n) is 11.3. The maximum absolute atomic E-state index is 10.5. The van der Waals surface area contributed by atoms with Gasteiger partial charge in [0.15, 0.2) is 0 Å². The van der Waals surface area contributed by atoms with Crippen LogP contribution in [0.1, 0.15) is 30.4 Å². The molecule has 4 heteroatoms. The van der Waals surface area contributed by atoms with E-state index in [0.29, 0.717) is 6.61 Å². The van der Waals surface area contributed by atoms with E-state index in [2.05, 4.69) is 36.5 Å². The Kier molecular flexibility index (Phi) is 4.80. The van der Waals surface area contributed by atoms with Gasteiger partial charge in [0.2, 0.25) is 0 Å². The second kappa shape index (κ2) is 6.57. The molecule has 0 bridgehead atoms. The predicted molar refractivity (Wildman–Crippen MR) is 73.4 cm³/mol. The highest BCUT2D eigenvalue weighted by atomic mass is 16.5. The first kappa shape index (κ1) is 13.9. The Morgan fingerprint density at radius 1 is 1.37 bits per heavy atom. The SMILES string of the molecule is Cc1ccc(CCO[C@H]2CC[C@H](NC(=O)O)C2)cc1.